The Balaban J connectivity index is 1.97. The molecule has 2 aromatic rings. The maximum absolute atomic E-state index is 13.8. The van der Waals surface area contributed by atoms with Gasteiger partial charge in [0.25, 0.3) is 0 Å². The van der Waals surface area contributed by atoms with Crippen molar-refractivity contribution in [2.45, 2.75) is 26.2 Å². The molecule has 0 aliphatic heterocycles. The lowest BCUT2D eigenvalue weighted by Gasteiger charge is -2.18. The van der Waals surface area contributed by atoms with Gasteiger partial charge < -0.3 is 9.47 Å². The molecule has 0 aliphatic carbocycles. The smallest absolute Gasteiger partial charge is 0.334 e. The molecule has 0 saturated heterocycles. The van der Waals surface area contributed by atoms with Crippen molar-refractivity contribution in [3.63, 3.8) is 0 Å². The van der Waals surface area contributed by atoms with Gasteiger partial charge in [-0.3, -0.25) is 0 Å². The molecular formula is C15H17F4N3. The highest BCUT2D eigenvalue weighted by molar-refractivity contribution is 5.26. The number of imidazole rings is 1. The fourth-order valence-corrected chi connectivity index (χ4v) is 2.14. The van der Waals surface area contributed by atoms with E-state index in [0.717, 1.165) is 11.9 Å². The zero-order chi connectivity index (χ0) is 16.3. The quantitative estimate of drug-likeness (QED) is 0.788. The molecule has 0 saturated carbocycles. The van der Waals surface area contributed by atoms with Gasteiger partial charge in [-0.05, 0) is 26.1 Å². The third-order valence-electron chi connectivity index (χ3n) is 3.47. The zero-order valence-electron chi connectivity index (χ0n) is 12.4. The Morgan fingerprint density at radius 2 is 2.00 bits per heavy atom. The van der Waals surface area contributed by atoms with Crippen LogP contribution in [-0.4, -0.2) is 28.0 Å². The lowest BCUT2D eigenvalue weighted by molar-refractivity contribution is -0.137. The van der Waals surface area contributed by atoms with Crippen LogP contribution in [0.25, 0.3) is 0 Å². The summed E-state index contributed by atoms with van der Waals surface area (Å²) in [7, 11) is 1.80. The Labute approximate surface area is 126 Å². The van der Waals surface area contributed by atoms with Gasteiger partial charge in [-0.1, -0.05) is 6.07 Å². The fraction of sp³-hybridized carbons (Fsp3) is 0.400. The molecule has 3 nitrogen and oxygen atoms in total. The largest absolute Gasteiger partial charge is 0.416 e. The van der Waals surface area contributed by atoms with Gasteiger partial charge in [0.2, 0.25) is 0 Å². The molecule has 0 spiro atoms. The van der Waals surface area contributed by atoms with Crippen LogP contribution < -0.4 is 0 Å². The highest BCUT2D eigenvalue weighted by Crippen LogP contribution is 2.30. The summed E-state index contributed by atoms with van der Waals surface area (Å²) in [5, 5.41) is 0. The minimum Gasteiger partial charge on any atom is -0.334 e. The lowest BCUT2D eigenvalue weighted by atomic mass is 10.1. The summed E-state index contributed by atoms with van der Waals surface area (Å²) >= 11 is 0. The van der Waals surface area contributed by atoms with Gasteiger partial charge in [-0.25, -0.2) is 9.37 Å². The maximum Gasteiger partial charge on any atom is 0.416 e. The first-order valence-electron chi connectivity index (χ1n) is 6.79. The highest BCUT2D eigenvalue weighted by atomic mass is 19.4. The standard InChI is InChI=1S/C15H17F4N3/c1-11-20-5-6-22(11)8-7-21(2)10-12-3-4-13(9-14(12)16)15(17,18)19/h3-6,9H,7-8,10H2,1-2H3. The normalized spacial score (nSPS) is 12.1. The van der Waals surface area contributed by atoms with Gasteiger partial charge in [0.15, 0.2) is 0 Å². The second-order valence-electron chi connectivity index (χ2n) is 5.21. The average Bonchev–Trinajstić information content (AvgIpc) is 2.83. The molecule has 7 heteroatoms. The molecule has 0 N–H and O–H groups in total. The van der Waals surface area contributed by atoms with Crippen LogP contribution in [0.4, 0.5) is 17.6 Å². The zero-order valence-corrected chi connectivity index (χ0v) is 12.4. The van der Waals surface area contributed by atoms with Gasteiger partial charge in [-0.15, -0.1) is 0 Å². The number of rotatable bonds is 5. The first kappa shape index (κ1) is 16.5. The molecule has 1 heterocycles. The second kappa shape index (κ2) is 6.48. The van der Waals surface area contributed by atoms with Gasteiger partial charge in [0.1, 0.15) is 11.6 Å². The van der Waals surface area contributed by atoms with Crippen LogP contribution in [0.3, 0.4) is 0 Å². The van der Waals surface area contributed by atoms with E-state index in [1.165, 1.54) is 6.07 Å². The lowest BCUT2D eigenvalue weighted by Crippen LogP contribution is -2.23. The van der Waals surface area contributed by atoms with Crippen LogP contribution in [0.2, 0.25) is 0 Å². The van der Waals surface area contributed by atoms with Crippen LogP contribution in [0.15, 0.2) is 30.6 Å². The minimum absolute atomic E-state index is 0.248. The number of alkyl halides is 3. The van der Waals surface area contributed by atoms with E-state index >= 15 is 0 Å². The van der Waals surface area contributed by atoms with Crippen molar-refractivity contribution in [3.8, 4) is 0 Å². The van der Waals surface area contributed by atoms with Crippen LogP contribution in [0.1, 0.15) is 17.0 Å². The number of benzene rings is 1. The van der Waals surface area contributed by atoms with E-state index in [1.54, 1.807) is 13.2 Å². The summed E-state index contributed by atoms with van der Waals surface area (Å²) in [6, 6.07) is 2.65. The fourth-order valence-electron chi connectivity index (χ4n) is 2.14. The van der Waals surface area contributed by atoms with Crippen molar-refractivity contribution < 1.29 is 17.6 Å². The molecule has 120 valence electrons. The van der Waals surface area contributed by atoms with Crippen LogP contribution >= 0.6 is 0 Å². The molecule has 1 aromatic carbocycles. The molecule has 0 unspecified atom stereocenters. The Hall–Kier alpha value is -1.89. The Kier molecular flexibility index (Phi) is 4.85. The van der Waals surface area contributed by atoms with Crippen LogP contribution in [0.5, 0.6) is 0 Å². The van der Waals surface area contributed by atoms with Crippen molar-refractivity contribution >= 4 is 0 Å². The van der Waals surface area contributed by atoms with Gasteiger partial charge in [0.05, 0.1) is 5.56 Å². The summed E-state index contributed by atoms with van der Waals surface area (Å²) in [6.45, 7) is 3.45. The molecule has 2 rings (SSSR count). The predicted octanol–water partition coefficient (Wildman–Crippen LogP) is 3.48. The van der Waals surface area contributed by atoms with Crippen LogP contribution in [0, 0.1) is 12.7 Å². The van der Waals surface area contributed by atoms with Crippen molar-refractivity contribution in [3.05, 3.63) is 53.4 Å². The SMILES string of the molecule is Cc1nccn1CCN(C)Cc1ccc(C(F)(F)F)cc1F. The van der Waals surface area contributed by atoms with Gasteiger partial charge >= 0.3 is 6.18 Å². The molecule has 22 heavy (non-hydrogen) atoms. The van der Waals surface area contributed by atoms with Crippen molar-refractivity contribution in [2.75, 3.05) is 13.6 Å². The van der Waals surface area contributed by atoms with Gasteiger partial charge in [0, 0.05) is 37.6 Å². The predicted molar refractivity (Wildman–Crippen MR) is 74.7 cm³/mol. The monoisotopic (exact) mass is 315 g/mol. The molecule has 0 amide bonds. The molecule has 0 fully saturated rings. The van der Waals surface area contributed by atoms with E-state index in [2.05, 4.69) is 4.98 Å². The number of aromatic nitrogens is 2. The summed E-state index contributed by atoms with van der Waals surface area (Å²) in [6.07, 6.45) is -0.975. The first-order chi connectivity index (χ1) is 10.3. The summed E-state index contributed by atoms with van der Waals surface area (Å²) in [5.41, 5.74) is -0.719. The molecule has 0 aliphatic rings. The Morgan fingerprint density at radius 1 is 1.27 bits per heavy atom. The third-order valence-corrected chi connectivity index (χ3v) is 3.47. The van der Waals surface area contributed by atoms with E-state index < -0.39 is 17.6 Å². The Morgan fingerprint density at radius 3 is 2.55 bits per heavy atom. The highest BCUT2D eigenvalue weighted by Gasteiger charge is 2.31. The van der Waals surface area contributed by atoms with Crippen molar-refractivity contribution in [1.29, 1.82) is 0 Å². The summed E-state index contributed by atoms with van der Waals surface area (Å²) in [4.78, 5) is 5.96. The topological polar surface area (TPSA) is 21.1 Å². The van der Waals surface area contributed by atoms with Gasteiger partial charge in [-0.2, -0.15) is 13.2 Å². The third kappa shape index (κ3) is 4.07. The minimum atomic E-state index is -4.52. The second-order valence-corrected chi connectivity index (χ2v) is 5.21. The van der Waals surface area contributed by atoms with E-state index in [9.17, 15) is 17.6 Å². The number of nitrogens with zero attached hydrogens (tertiary/aromatic N) is 3. The van der Waals surface area contributed by atoms with Crippen molar-refractivity contribution in [1.82, 2.24) is 14.5 Å². The number of likely N-dealkylation sites (N-methyl/N-ethyl adjacent to an activating group) is 1. The maximum atomic E-state index is 13.8. The number of aryl methyl sites for hydroxylation is 1. The van der Waals surface area contributed by atoms with E-state index in [-0.39, 0.29) is 12.1 Å². The molecule has 0 radical (unpaired) electrons. The molecule has 0 atom stereocenters. The first-order valence-corrected chi connectivity index (χ1v) is 6.79. The van der Waals surface area contributed by atoms with E-state index in [0.29, 0.717) is 19.2 Å². The molecule has 0 bridgehead atoms. The summed E-state index contributed by atoms with van der Waals surface area (Å²) in [5.74, 6) is 0.0506. The van der Waals surface area contributed by atoms with E-state index in [1.807, 2.05) is 22.6 Å². The average molecular weight is 315 g/mol. The Bertz CT molecular complexity index is 634. The number of hydrogen-bond acceptors (Lipinski definition) is 2. The molecule has 1 aromatic heterocycles. The van der Waals surface area contributed by atoms with Crippen LogP contribution in [-0.2, 0) is 19.3 Å². The number of halogens is 4. The summed E-state index contributed by atoms with van der Waals surface area (Å²) < 4.78 is 53.2. The van der Waals surface area contributed by atoms with Crippen molar-refractivity contribution in [2.24, 2.45) is 0 Å². The number of hydrogen-bond donors (Lipinski definition) is 0. The van der Waals surface area contributed by atoms with E-state index in [4.69, 9.17) is 0 Å². The molecular weight excluding hydrogens is 298 g/mol.